The van der Waals surface area contributed by atoms with Gasteiger partial charge in [0.25, 0.3) is 0 Å². The second-order valence-corrected chi connectivity index (χ2v) is 3.33. The van der Waals surface area contributed by atoms with Gasteiger partial charge in [-0.2, -0.15) is 0 Å². The van der Waals surface area contributed by atoms with Crippen LogP contribution in [0.15, 0.2) is 18.2 Å². The zero-order valence-electron chi connectivity index (χ0n) is 7.82. The van der Waals surface area contributed by atoms with Crippen LogP contribution in [0, 0.1) is 5.92 Å². The Morgan fingerprint density at radius 1 is 1.50 bits per heavy atom. The van der Waals surface area contributed by atoms with Crippen molar-refractivity contribution in [1.82, 2.24) is 0 Å². The molecule has 1 aromatic carbocycles. The van der Waals surface area contributed by atoms with Crippen LogP contribution in [0.3, 0.4) is 0 Å². The van der Waals surface area contributed by atoms with Crippen LogP contribution in [0.4, 0.5) is 0 Å². The maximum absolute atomic E-state index is 11.6. The van der Waals surface area contributed by atoms with E-state index in [1.165, 1.54) is 0 Å². The fraction of sp³-hybridized carbons (Fsp3) is 0.273. The van der Waals surface area contributed by atoms with Gasteiger partial charge < -0.3 is 9.53 Å². The van der Waals surface area contributed by atoms with Gasteiger partial charge in [0, 0.05) is 5.56 Å². The quantitative estimate of drug-likeness (QED) is 0.520. The lowest BCUT2D eigenvalue weighted by Crippen LogP contribution is -2.09. The summed E-state index contributed by atoms with van der Waals surface area (Å²) in [6.45, 7) is 0. The van der Waals surface area contributed by atoms with Crippen LogP contribution in [-0.2, 0) is 11.2 Å². The smallest absolute Gasteiger partial charge is 0.173 e. The Labute approximate surface area is 81.7 Å². The minimum atomic E-state index is -0.489. The SMILES string of the molecule is COc1ccc2c(c1)C[C@@H](C=O)C2=O. The lowest BCUT2D eigenvalue weighted by atomic mass is 10.1. The van der Waals surface area contributed by atoms with E-state index < -0.39 is 5.92 Å². The Morgan fingerprint density at radius 3 is 2.93 bits per heavy atom. The lowest BCUT2D eigenvalue weighted by Gasteiger charge is -2.01. The molecule has 1 aliphatic carbocycles. The third kappa shape index (κ3) is 1.21. The first-order valence-electron chi connectivity index (χ1n) is 4.42. The zero-order chi connectivity index (χ0) is 10.1. The predicted molar refractivity (Wildman–Crippen MR) is 50.6 cm³/mol. The van der Waals surface area contributed by atoms with Crippen molar-refractivity contribution in [1.29, 1.82) is 0 Å². The Hall–Kier alpha value is -1.64. The first-order chi connectivity index (χ1) is 6.76. The molecule has 3 heteroatoms. The molecular formula is C11H10O3. The van der Waals surface area contributed by atoms with E-state index in [9.17, 15) is 9.59 Å². The number of benzene rings is 1. The van der Waals surface area contributed by atoms with E-state index in [-0.39, 0.29) is 5.78 Å². The number of carbonyl (C=O) groups excluding carboxylic acids is 2. The fourth-order valence-corrected chi connectivity index (χ4v) is 1.75. The topological polar surface area (TPSA) is 43.4 Å². The summed E-state index contributed by atoms with van der Waals surface area (Å²) < 4.78 is 5.04. The van der Waals surface area contributed by atoms with Gasteiger partial charge in [-0.05, 0) is 30.2 Å². The highest BCUT2D eigenvalue weighted by atomic mass is 16.5. The van der Waals surface area contributed by atoms with Crippen LogP contribution in [0.1, 0.15) is 15.9 Å². The van der Waals surface area contributed by atoms with Crippen LogP contribution in [0.2, 0.25) is 0 Å². The molecule has 0 bridgehead atoms. The molecule has 0 aliphatic heterocycles. The summed E-state index contributed by atoms with van der Waals surface area (Å²) in [7, 11) is 1.58. The molecule has 0 radical (unpaired) electrons. The van der Waals surface area contributed by atoms with Crippen molar-refractivity contribution in [3.63, 3.8) is 0 Å². The maximum Gasteiger partial charge on any atom is 0.173 e. The highest BCUT2D eigenvalue weighted by molar-refractivity contribution is 6.09. The molecule has 0 amide bonds. The monoisotopic (exact) mass is 190 g/mol. The molecule has 1 aromatic rings. The minimum Gasteiger partial charge on any atom is -0.497 e. The Morgan fingerprint density at radius 2 is 2.29 bits per heavy atom. The van der Waals surface area contributed by atoms with E-state index in [0.717, 1.165) is 17.6 Å². The molecule has 0 N–H and O–H groups in total. The third-order valence-corrected chi connectivity index (χ3v) is 2.52. The standard InChI is InChI=1S/C11H10O3/c1-14-9-2-3-10-7(5-9)4-8(6-12)11(10)13/h2-3,5-6,8H,4H2,1H3/t8-/m0/s1. The number of aldehydes is 1. The third-order valence-electron chi connectivity index (χ3n) is 2.52. The number of fused-ring (bicyclic) bond motifs is 1. The normalized spacial score (nSPS) is 19.2. The molecule has 0 fully saturated rings. The highest BCUT2D eigenvalue weighted by Crippen LogP contribution is 2.28. The van der Waals surface area contributed by atoms with Crippen LogP contribution in [-0.4, -0.2) is 19.2 Å². The molecule has 3 nitrogen and oxygen atoms in total. The number of ketones is 1. The molecule has 0 heterocycles. The number of rotatable bonds is 2. The van der Waals surface area contributed by atoms with Gasteiger partial charge in [-0.1, -0.05) is 0 Å². The molecule has 1 aliphatic rings. The van der Waals surface area contributed by atoms with Gasteiger partial charge in [0.15, 0.2) is 5.78 Å². The van der Waals surface area contributed by atoms with Gasteiger partial charge in [-0.3, -0.25) is 4.79 Å². The number of Topliss-reactive ketones (excluding diaryl/α,β-unsaturated/α-hetero) is 1. The molecule has 0 saturated heterocycles. The van der Waals surface area contributed by atoms with Crippen molar-refractivity contribution in [3.05, 3.63) is 29.3 Å². The lowest BCUT2D eigenvalue weighted by molar-refractivity contribution is -0.109. The van der Waals surface area contributed by atoms with Crippen LogP contribution >= 0.6 is 0 Å². The van der Waals surface area contributed by atoms with E-state index in [1.807, 2.05) is 6.07 Å². The molecule has 0 unspecified atom stereocenters. The number of carbonyl (C=O) groups is 2. The minimum absolute atomic E-state index is 0.0716. The van der Waals surface area contributed by atoms with Crippen molar-refractivity contribution in [2.75, 3.05) is 7.11 Å². The molecule has 0 spiro atoms. The summed E-state index contributed by atoms with van der Waals surface area (Å²) in [5.41, 5.74) is 1.56. The molecular weight excluding hydrogens is 180 g/mol. The van der Waals surface area contributed by atoms with E-state index in [1.54, 1.807) is 19.2 Å². The van der Waals surface area contributed by atoms with Crippen molar-refractivity contribution in [2.24, 2.45) is 5.92 Å². The summed E-state index contributed by atoms with van der Waals surface area (Å²) >= 11 is 0. The first-order valence-corrected chi connectivity index (χ1v) is 4.42. The number of hydrogen-bond donors (Lipinski definition) is 0. The van der Waals surface area contributed by atoms with E-state index in [0.29, 0.717) is 12.0 Å². The summed E-state index contributed by atoms with van der Waals surface area (Å²) in [6.07, 6.45) is 1.23. The number of hydrogen-bond acceptors (Lipinski definition) is 3. The number of ether oxygens (including phenoxy) is 1. The average Bonchev–Trinajstić information content (AvgIpc) is 2.55. The molecule has 14 heavy (non-hydrogen) atoms. The van der Waals surface area contributed by atoms with E-state index >= 15 is 0 Å². The maximum atomic E-state index is 11.6. The fourth-order valence-electron chi connectivity index (χ4n) is 1.75. The van der Waals surface area contributed by atoms with Crippen molar-refractivity contribution < 1.29 is 14.3 Å². The highest BCUT2D eigenvalue weighted by Gasteiger charge is 2.30. The Bertz CT molecular complexity index is 396. The second-order valence-electron chi connectivity index (χ2n) is 3.33. The summed E-state index contributed by atoms with van der Waals surface area (Å²) in [6, 6.07) is 5.28. The first kappa shape index (κ1) is 8.94. The van der Waals surface area contributed by atoms with Gasteiger partial charge in [0.2, 0.25) is 0 Å². The van der Waals surface area contributed by atoms with Crippen molar-refractivity contribution in [3.8, 4) is 5.75 Å². The Kier molecular flexibility index (Phi) is 2.08. The van der Waals surface area contributed by atoms with E-state index in [4.69, 9.17) is 4.74 Å². The van der Waals surface area contributed by atoms with Gasteiger partial charge >= 0.3 is 0 Å². The van der Waals surface area contributed by atoms with Crippen molar-refractivity contribution >= 4 is 12.1 Å². The summed E-state index contributed by atoms with van der Waals surface area (Å²) in [4.78, 5) is 22.1. The van der Waals surface area contributed by atoms with Gasteiger partial charge in [-0.15, -0.1) is 0 Å². The summed E-state index contributed by atoms with van der Waals surface area (Å²) in [5.74, 6) is 0.165. The second kappa shape index (κ2) is 3.25. The molecule has 0 saturated carbocycles. The van der Waals surface area contributed by atoms with Gasteiger partial charge in [-0.25, -0.2) is 0 Å². The molecule has 2 rings (SSSR count). The number of methoxy groups -OCH3 is 1. The average molecular weight is 190 g/mol. The predicted octanol–water partition coefficient (Wildman–Crippen LogP) is 1.25. The van der Waals surface area contributed by atoms with Crippen LogP contribution in [0.25, 0.3) is 0 Å². The summed E-state index contributed by atoms with van der Waals surface area (Å²) in [5, 5.41) is 0. The van der Waals surface area contributed by atoms with Crippen LogP contribution < -0.4 is 4.74 Å². The van der Waals surface area contributed by atoms with Gasteiger partial charge in [0.1, 0.15) is 12.0 Å². The molecule has 72 valence electrons. The Balaban J connectivity index is 2.43. The van der Waals surface area contributed by atoms with Crippen molar-refractivity contribution in [2.45, 2.75) is 6.42 Å². The van der Waals surface area contributed by atoms with E-state index in [2.05, 4.69) is 0 Å². The molecule has 0 aromatic heterocycles. The largest absolute Gasteiger partial charge is 0.497 e. The zero-order valence-corrected chi connectivity index (χ0v) is 7.82. The van der Waals surface area contributed by atoms with Crippen LogP contribution in [0.5, 0.6) is 5.75 Å². The van der Waals surface area contributed by atoms with Gasteiger partial charge in [0.05, 0.1) is 13.0 Å². The molecule has 1 atom stereocenters.